The summed E-state index contributed by atoms with van der Waals surface area (Å²) in [5.74, 6) is -1.55. The normalized spacial score (nSPS) is 11.4. The minimum atomic E-state index is -1.03. The topological polar surface area (TPSA) is 40.1 Å². The molecule has 1 aromatic carbocycles. The van der Waals surface area contributed by atoms with E-state index < -0.39 is 11.9 Å². The summed E-state index contributed by atoms with van der Waals surface area (Å²) in [5, 5.41) is 10.4. The molecule has 0 heterocycles. The molecule has 0 spiro atoms. The Morgan fingerprint density at radius 2 is 1.83 bits per heavy atom. The van der Waals surface area contributed by atoms with Crippen LogP contribution in [0.2, 0.25) is 0 Å². The first-order valence-electron chi connectivity index (χ1n) is 3.47. The second kappa shape index (κ2) is 6.23. The summed E-state index contributed by atoms with van der Waals surface area (Å²) in [6.07, 6.45) is 0. The van der Waals surface area contributed by atoms with Gasteiger partial charge in [-0.1, -0.05) is 37.3 Å². The smallest absolute Gasteiger partial charge is 0.550 e. The van der Waals surface area contributed by atoms with Gasteiger partial charge in [0.2, 0.25) is 0 Å². The Labute approximate surface area is 131 Å². The molecule has 0 bridgehead atoms. The second-order valence-electron chi connectivity index (χ2n) is 2.45. The molecule has 0 radical (unpaired) electrons. The Hall–Kier alpha value is 0.742. The molecule has 0 aliphatic rings. The van der Waals surface area contributed by atoms with Gasteiger partial charge in [0.25, 0.3) is 0 Å². The molecule has 0 fully saturated rings. The quantitative estimate of drug-likeness (QED) is 0.604. The fraction of sp³-hybridized carbons (Fsp3) is 0.222. The van der Waals surface area contributed by atoms with Crippen LogP contribution in [-0.4, -0.2) is 5.97 Å². The second-order valence-corrected chi connectivity index (χ2v) is 2.45. The van der Waals surface area contributed by atoms with Crippen LogP contribution in [-0.2, 0) is 4.79 Å². The van der Waals surface area contributed by atoms with Crippen LogP contribution >= 0.6 is 0 Å². The molecule has 0 saturated carbocycles. The number of benzene rings is 1. The molecule has 0 aliphatic heterocycles. The van der Waals surface area contributed by atoms with Crippen LogP contribution in [0, 0.1) is 0 Å². The van der Waals surface area contributed by atoms with Gasteiger partial charge in [0.1, 0.15) is 0 Å². The van der Waals surface area contributed by atoms with Gasteiger partial charge in [-0.15, -0.1) is 0 Å². The summed E-state index contributed by atoms with van der Waals surface area (Å²) < 4.78 is 0. The van der Waals surface area contributed by atoms with Crippen LogP contribution in [0.25, 0.3) is 0 Å². The van der Waals surface area contributed by atoms with Gasteiger partial charge in [-0.2, -0.15) is 0 Å². The van der Waals surface area contributed by atoms with Crippen LogP contribution in [0.3, 0.4) is 0 Å². The maximum Gasteiger partial charge on any atom is 1.00 e. The van der Waals surface area contributed by atoms with Crippen LogP contribution in [0.1, 0.15) is 18.4 Å². The van der Waals surface area contributed by atoms with Crippen molar-refractivity contribution in [3.8, 4) is 0 Å². The molecule has 0 N–H and O–H groups in total. The zero-order chi connectivity index (χ0) is 8.27. The molecule has 1 rings (SSSR count). The van der Waals surface area contributed by atoms with Crippen molar-refractivity contribution in [3.63, 3.8) is 0 Å². The summed E-state index contributed by atoms with van der Waals surface area (Å²) in [6, 6.07) is 9.04. The Morgan fingerprint density at radius 1 is 1.33 bits per heavy atom. The van der Waals surface area contributed by atoms with Crippen molar-refractivity contribution in [3.05, 3.63) is 35.9 Å². The van der Waals surface area contributed by atoms with E-state index in [1.54, 1.807) is 19.1 Å². The Bertz CT molecular complexity index is 246. The molecule has 0 aromatic heterocycles. The number of carboxylic acids is 1. The van der Waals surface area contributed by atoms with Crippen LogP contribution < -0.4 is 74.0 Å². The van der Waals surface area contributed by atoms with Crippen LogP contribution in [0.4, 0.5) is 0 Å². The monoisotopic (exact) mass is 282 g/mol. The zero-order valence-electron chi connectivity index (χ0n) is 7.28. The predicted molar refractivity (Wildman–Crippen MR) is 39.9 cm³/mol. The maximum absolute atomic E-state index is 10.4. The van der Waals surface area contributed by atoms with Gasteiger partial charge >= 0.3 is 68.9 Å². The minimum absolute atomic E-state index is 0. The van der Waals surface area contributed by atoms with Gasteiger partial charge in [-0.3, -0.25) is 0 Å². The number of rotatable bonds is 2. The van der Waals surface area contributed by atoms with Crippen molar-refractivity contribution in [2.75, 3.05) is 0 Å². The van der Waals surface area contributed by atoms with E-state index in [9.17, 15) is 9.90 Å². The number of carbonyl (C=O) groups is 1. The van der Waals surface area contributed by atoms with E-state index in [0.29, 0.717) is 0 Å². The Morgan fingerprint density at radius 3 is 2.25 bits per heavy atom. The predicted octanol–water partition coefficient (Wildman–Crippen LogP) is -2.46. The SMILES string of the molecule is C[C@@H](C(=O)[O-])c1ccccc1.[Cs+]. The maximum atomic E-state index is 10.4. The van der Waals surface area contributed by atoms with Crippen molar-refractivity contribution in [2.24, 2.45) is 0 Å². The standard InChI is InChI=1S/C9H10O2.Cs/c1-7(9(10)11)8-5-3-2-4-6-8;/h2-7H,1H3,(H,10,11);/q;+1/p-1/t7-;/m1./s1. The molecular formula is C9H9CsO2. The molecule has 0 saturated heterocycles. The van der Waals surface area contributed by atoms with Gasteiger partial charge in [-0.05, 0) is 5.56 Å². The molecule has 2 nitrogen and oxygen atoms in total. The van der Waals surface area contributed by atoms with Crippen molar-refractivity contribution >= 4 is 5.97 Å². The fourth-order valence-electron chi connectivity index (χ4n) is 0.878. The summed E-state index contributed by atoms with van der Waals surface area (Å²) in [7, 11) is 0. The first-order valence-corrected chi connectivity index (χ1v) is 3.47. The fourth-order valence-corrected chi connectivity index (χ4v) is 0.878. The summed E-state index contributed by atoms with van der Waals surface area (Å²) in [5.41, 5.74) is 0.785. The summed E-state index contributed by atoms with van der Waals surface area (Å²) in [6.45, 7) is 1.62. The average Bonchev–Trinajstić information content (AvgIpc) is 2.05. The van der Waals surface area contributed by atoms with Gasteiger partial charge in [0.15, 0.2) is 0 Å². The molecule has 1 aromatic rings. The number of hydrogen-bond acceptors (Lipinski definition) is 2. The van der Waals surface area contributed by atoms with E-state index >= 15 is 0 Å². The molecule has 12 heavy (non-hydrogen) atoms. The van der Waals surface area contributed by atoms with E-state index in [-0.39, 0.29) is 68.9 Å². The summed E-state index contributed by atoms with van der Waals surface area (Å²) in [4.78, 5) is 10.4. The van der Waals surface area contributed by atoms with Gasteiger partial charge < -0.3 is 9.90 Å². The van der Waals surface area contributed by atoms with Gasteiger partial charge in [-0.25, -0.2) is 0 Å². The number of carbonyl (C=O) groups excluding carboxylic acids is 1. The van der Waals surface area contributed by atoms with Crippen LogP contribution in [0.5, 0.6) is 0 Å². The third-order valence-corrected chi connectivity index (χ3v) is 1.65. The molecule has 58 valence electrons. The molecule has 1 atom stereocenters. The summed E-state index contributed by atoms with van der Waals surface area (Å²) >= 11 is 0. The van der Waals surface area contributed by atoms with E-state index in [1.165, 1.54) is 0 Å². The van der Waals surface area contributed by atoms with E-state index in [2.05, 4.69) is 0 Å². The zero-order valence-corrected chi connectivity index (χ0v) is 13.6. The molecule has 0 amide bonds. The van der Waals surface area contributed by atoms with E-state index in [4.69, 9.17) is 0 Å². The van der Waals surface area contributed by atoms with E-state index in [0.717, 1.165) is 5.56 Å². The Kier molecular flexibility index (Phi) is 6.62. The number of aliphatic carboxylic acids is 1. The largest absolute Gasteiger partial charge is 1.00 e. The molecule has 3 heteroatoms. The van der Waals surface area contributed by atoms with Crippen molar-refractivity contribution in [2.45, 2.75) is 12.8 Å². The van der Waals surface area contributed by atoms with Crippen molar-refractivity contribution in [1.29, 1.82) is 0 Å². The van der Waals surface area contributed by atoms with Crippen molar-refractivity contribution < 1.29 is 78.8 Å². The Balaban J connectivity index is 0.00000121. The number of carboxylic acid groups (broad SMARTS) is 1. The third-order valence-electron chi connectivity index (χ3n) is 1.65. The average molecular weight is 282 g/mol. The van der Waals surface area contributed by atoms with Gasteiger partial charge in [0, 0.05) is 11.9 Å². The van der Waals surface area contributed by atoms with E-state index in [1.807, 2.05) is 18.2 Å². The first-order chi connectivity index (χ1) is 5.22. The van der Waals surface area contributed by atoms with Crippen LogP contribution in [0.15, 0.2) is 30.3 Å². The first kappa shape index (κ1) is 12.7. The van der Waals surface area contributed by atoms with Gasteiger partial charge in [0.05, 0.1) is 0 Å². The third kappa shape index (κ3) is 3.64. The van der Waals surface area contributed by atoms with Crippen molar-refractivity contribution in [1.82, 2.24) is 0 Å². The number of hydrogen-bond donors (Lipinski definition) is 0. The minimum Gasteiger partial charge on any atom is -0.550 e. The molecule has 0 aliphatic carbocycles. The molecular weight excluding hydrogens is 273 g/mol. The molecule has 0 unspecified atom stereocenters.